The number of alkyl carbamates (subject to hydrolysis) is 1. The van der Waals surface area contributed by atoms with Crippen molar-refractivity contribution in [3.05, 3.63) is 18.0 Å². The summed E-state index contributed by atoms with van der Waals surface area (Å²) in [5, 5.41) is 7.26. The average Bonchev–Trinajstić information content (AvgIpc) is 3.20. The number of hydrogen-bond acceptors (Lipinski definition) is 5. The maximum atomic E-state index is 12.1. The van der Waals surface area contributed by atoms with Crippen LogP contribution in [0.1, 0.15) is 52.7 Å². The third-order valence-corrected chi connectivity index (χ3v) is 5.06. The molecule has 0 aromatic carbocycles. The molecular formula is C19H30N4O3. The summed E-state index contributed by atoms with van der Waals surface area (Å²) in [6.45, 7) is 8.27. The van der Waals surface area contributed by atoms with E-state index >= 15 is 0 Å². The molecule has 0 unspecified atom stereocenters. The fourth-order valence-corrected chi connectivity index (χ4v) is 4.10. The zero-order chi connectivity index (χ0) is 18.9. The molecule has 1 aromatic heterocycles. The molecular weight excluding hydrogens is 332 g/mol. The van der Waals surface area contributed by atoms with Gasteiger partial charge in [-0.1, -0.05) is 0 Å². The maximum Gasteiger partial charge on any atom is 0.407 e. The number of aliphatic imine (C=N–C) groups is 1. The Kier molecular flexibility index (Phi) is 5.25. The van der Waals surface area contributed by atoms with Gasteiger partial charge < -0.3 is 14.8 Å². The topological polar surface area (TPSA) is 77.7 Å². The summed E-state index contributed by atoms with van der Waals surface area (Å²) >= 11 is 0. The van der Waals surface area contributed by atoms with Gasteiger partial charge in [0, 0.05) is 31.7 Å². The Morgan fingerprint density at radius 2 is 2.15 bits per heavy atom. The van der Waals surface area contributed by atoms with Crippen molar-refractivity contribution in [2.75, 3.05) is 6.54 Å². The summed E-state index contributed by atoms with van der Waals surface area (Å²) < 4.78 is 13.5. The van der Waals surface area contributed by atoms with Crippen LogP contribution < -0.4 is 5.32 Å². The molecule has 0 radical (unpaired) electrons. The zero-order valence-corrected chi connectivity index (χ0v) is 16.4. The fraction of sp³-hybridized carbons (Fsp3) is 0.737. The SMILES string of the molecule is CC/N=C(/O[C@H]1C[C@H]2C[C@@H]1[C@H](NC(=O)OC(C)(C)C)C2)c1ccnn1C. The molecule has 0 spiro atoms. The predicted molar refractivity (Wildman–Crippen MR) is 99.1 cm³/mol. The lowest BCUT2D eigenvalue weighted by Crippen LogP contribution is -2.46. The van der Waals surface area contributed by atoms with Gasteiger partial charge in [-0.25, -0.2) is 4.79 Å². The Hall–Kier alpha value is -2.05. The minimum Gasteiger partial charge on any atom is -0.473 e. The zero-order valence-electron chi connectivity index (χ0n) is 16.4. The number of carbonyl (C=O) groups excluding carboxylic acids is 1. The van der Waals surface area contributed by atoms with Crippen LogP contribution in [0.5, 0.6) is 0 Å². The van der Waals surface area contributed by atoms with Gasteiger partial charge in [0.1, 0.15) is 17.4 Å². The van der Waals surface area contributed by atoms with Crippen molar-refractivity contribution in [1.29, 1.82) is 0 Å². The first-order valence-electron chi connectivity index (χ1n) is 9.45. The Morgan fingerprint density at radius 1 is 1.38 bits per heavy atom. The third-order valence-electron chi connectivity index (χ3n) is 5.06. The van der Waals surface area contributed by atoms with E-state index in [1.54, 1.807) is 10.9 Å². The van der Waals surface area contributed by atoms with E-state index < -0.39 is 5.60 Å². The van der Waals surface area contributed by atoms with Gasteiger partial charge in [0.2, 0.25) is 5.90 Å². The number of carbonyl (C=O) groups is 1. The molecule has 3 rings (SSSR count). The van der Waals surface area contributed by atoms with Crippen LogP contribution in [0.4, 0.5) is 4.79 Å². The van der Waals surface area contributed by atoms with Gasteiger partial charge in [-0.15, -0.1) is 0 Å². The van der Waals surface area contributed by atoms with Gasteiger partial charge >= 0.3 is 6.09 Å². The minimum atomic E-state index is -0.488. The van der Waals surface area contributed by atoms with Gasteiger partial charge in [0.25, 0.3) is 0 Å². The Bertz CT molecular complexity index is 677. The van der Waals surface area contributed by atoms with E-state index in [1.807, 2.05) is 40.8 Å². The molecule has 0 saturated heterocycles. The molecule has 2 aliphatic carbocycles. The highest BCUT2D eigenvalue weighted by Crippen LogP contribution is 2.46. The van der Waals surface area contributed by atoms with E-state index in [0.29, 0.717) is 24.3 Å². The van der Waals surface area contributed by atoms with E-state index in [2.05, 4.69) is 15.4 Å². The fourth-order valence-electron chi connectivity index (χ4n) is 4.10. The first kappa shape index (κ1) is 18.7. The van der Waals surface area contributed by atoms with Crippen LogP contribution >= 0.6 is 0 Å². The molecule has 2 saturated carbocycles. The molecule has 0 aliphatic heterocycles. The summed E-state index contributed by atoms with van der Waals surface area (Å²) in [4.78, 5) is 16.7. The molecule has 1 heterocycles. The molecule has 1 amide bonds. The molecule has 26 heavy (non-hydrogen) atoms. The molecule has 1 N–H and O–H groups in total. The van der Waals surface area contributed by atoms with E-state index in [9.17, 15) is 4.79 Å². The summed E-state index contributed by atoms with van der Waals surface area (Å²) in [7, 11) is 1.89. The van der Waals surface area contributed by atoms with E-state index in [0.717, 1.165) is 25.0 Å². The standard InChI is InChI=1S/C19H30N4O3/c1-6-20-17(15-7-8-21-23(15)5)25-16-11-12-9-13(16)14(10-12)22-18(24)26-19(2,3)4/h7-8,12-14,16H,6,9-11H2,1-5H3,(H,22,24)/b20-17+/t12-,13+,14+,16-/m0/s1. The number of amides is 1. The summed E-state index contributed by atoms with van der Waals surface area (Å²) in [5.74, 6) is 1.52. The van der Waals surface area contributed by atoms with E-state index in [4.69, 9.17) is 9.47 Å². The average molecular weight is 362 g/mol. The predicted octanol–water partition coefficient (Wildman–Crippen LogP) is 2.90. The number of aromatic nitrogens is 2. The summed E-state index contributed by atoms with van der Waals surface area (Å²) in [5.41, 5.74) is 0.393. The number of fused-ring (bicyclic) bond motifs is 2. The molecule has 2 aliphatic rings. The lowest BCUT2D eigenvalue weighted by Gasteiger charge is -2.31. The van der Waals surface area contributed by atoms with Crippen LogP contribution in [0.2, 0.25) is 0 Å². The van der Waals surface area contributed by atoms with Crippen molar-refractivity contribution in [2.24, 2.45) is 23.9 Å². The highest BCUT2D eigenvalue weighted by atomic mass is 16.6. The summed E-state index contributed by atoms with van der Waals surface area (Å²) in [6.07, 6.45) is 4.55. The first-order chi connectivity index (χ1) is 12.3. The van der Waals surface area contributed by atoms with Crippen molar-refractivity contribution < 1.29 is 14.3 Å². The van der Waals surface area contributed by atoms with Gasteiger partial charge in [0.15, 0.2) is 0 Å². The number of aryl methyl sites for hydroxylation is 1. The molecule has 144 valence electrons. The molecule has 7 heteroatoms. The van der Waals surface area contributed by atoms with E-state index in [-0.39, 0.29) is 18.2 Å². The van der Waals surface area contributed by atoms with Gasteiger partial charge in [-0.3, -0.25) is 9.67 Å². The molecule has 1 aromatic rings. The van der Waals surface area contributed by atoms with Crippen LogP contribution in [0.25, 0.3) is 0 Å². The summed E-state index contributed by atoms with van der Waals surface area (Å²) in [6, 6.07) is 2.01. The first-order valence-corrected chi connectivity index (χ1v) is 9.45. The van der Waals surface area contributed by atoms with Crippen LogP contribution in [-0.4, -0.2) is 46.1 Å². The van der Waals surface area contributed by atoms with Crippen molar-refractivity contribution in [1.82, 2.24) is 15.1 Å². The number of nitrogens with one attached hydrogen (secondary N) is 1. The highest BCUT2D eigenvalue weighted by Gasteiger charge is 2.48. The van der Waals surface area contributed by atoms with E-state index in [1.165, 1.54) is 0 Å². The number of nitrogens with zero attached hydrogens (tertiary/aromatic N) is 3. The maximum absolute atomic E-state index is 12.1. The second kappa shape index (κ2) is 7.29. The Balaban J connectivity index is 1.65. The lowest BCUT2D eigenvalue weighted by atomic mass is 9.92. The van der Waals surface area contributed by atoms with Crippen LogP contribution in [0, 0.1) is 11.8 Å². The minimum absolute atomic E-state index is 0.0638. The van der Waals surface area contributed by atoms with Crippen LogP contribution in [0.3, 0.4) is 0 Å². The smallest absolute Gasteiger partial charge is 0.407 e. The Labute approximate surface area is 155 Å². The van der Waals surface area contributed by atoms with Crippen LogP contribution in [0.15, 0.2) is 17.3 Å². The highest BCUT2D eigenvalue weighted by molar-refractivity contribution is 5.92. The number of rotatable bonds is 4. The third kappa shape index (κ3) is 4.19. The van der Waals surface area contributed by atoms with Gasteiger partial charge in [-0.2, -0.15) is 5.10 Å². The quantitative estimate of drug-likeness (QED) is 0.660. The normalized spacial score (nSPS) is 28.3. The molecule has 2 fully saturated rings. The van der Waals surface area contributed by atoms with Crippen molar-refractivity contribution in [2.45, 2.75) is 64.7 Å². The van der Waals surface area contributed by atoms with Crippen molar-refractivity contribution in [3.63, 3.8) is 0 Å². The second-order valence-electron chi connectivity index (χ2n) is 8.27. The van der Waals surface area contributed by atoms with Gasteiger partial charge in [-0.05, 0) is 58.9 Å². The lowest BCUT2D eigenvalue weighted by molar-refractivity contribution is 0.0433. The monoisotopic (exact) mass is 362 g/mol. The van der Waals surface area contributed by atoms with Crippen molar-refractivity contribution in [3.8, 4) is 0 Å². The number of ether oxygens (including phenoxy) is 2. The van der Waals surface area contributed by atoms with Crippen molar-refractivity contribution >= 4 is 12.0 Å². The Morgan fingerprint density at radius 3 is 2.73 bits per heavy atom. The molecule has 2 bridgehead atoms. The molecule has 4 atom stereocenters. The second-order valence-corrected chi connectivity index (χ2v) is 8.27. The number of hydrogen-bond donors (Lipinski definition) is 1. The largest absolute Gasteiger partial charge is 0.473 e. The van der Waals surface area contributed by atoms with Gasteiger partial charge in [0.05, 0.1) is 0 Å². The van der Waals surface area contributed by atoms with Crippen LogP contribution in [-0.2, 0) is 16.5 Å². The molecule has 7 nitrogen and oxygen atoms in total.